The van der Waals surface area contributed by atoms with Crippen molar-refractivity contribution in [1.29, 1.82) is 0 Å². The first-order valence-electron chi connectivity index (χ1n) is 6.46. The van der Waals surface area contributed by atoms with Crippen molar-refractivity contribution in [2.45, 2.75) is 26.5 Å². The van der Waals surface area contributed by atoms with E-state index in [0.29, 0.717) is 13.1 Å². The van der Waals surface area contributed by atoms with Crippen molar-refractivity contribution < 1.29 is 4.74 Å². The van der Waals surface area contributed by atoms with Crippen molar-refractivity contribution in [3.05, 3.63) is 42.5 Å². The van der Waals surface area contributed by atoms with Gasteiger partial charge >= 0.3 is 0 Å². The van der Waals surface area contributed by atoms with Gasteiger partial charge in [0.05, 0.1) is 6.10 Å². The Labute approximate surface area is 115 Å². The van der Waals surface area contributed by atoms with Crippen molar-refractivity contribution >= 4 is 5.96 Å². The highest BCUT2D eigenvalue weighted by Gasteiger charge is 2.01. The summed E-state index contributed by atoms with van der Waals surface area (Å²) in [5, 5.41) is 6.36. The van der Waals surface area contributed by atoms with Crippen LogP contribution in [-0.4, -0.2) is 25.7 Å². The van der Waals surface area contributed by atoms with E-state index in [0.717, 1.165) is 17.3 Å². The van der Waals surface area contributed by atoms with E-state index in [9.17, 15) is 0 Å². The molecule has 0 aromatic heterocycles. The van der Waals surface area contributed by atoms with E-state index in [1.54, 1.807) is 13.1 Å². The molecule has 0 bridgehead atoms. The summed E-state index contributed by atoms with van der Waals surface area (Å²) in [5.74, 6) is 1.65. The van der Waals surface area contributed by atoms with Crippen molar-refractivity contribution in [3.8, 4) is 5.75 Å². The maximum absolute atomic E-state index is 5.67. The first-order valence-corrected chi connectivity index (χ1v) is 6.46. The largest absolute Gasteiger partial charge is 0.491 e. The molecule has 0 aliphatic heterocycles. The molecular weight excluding hydrogens is 238 g/mol. The molecule has 0 atom stereocenters. The standard InChI is InChI=1S/C15H23N3O/c1-5-9-17-15(16-4)18-11-13-7-6-8-14(10-13)19-12(2)3/h5-8,10,12H,1,9,11H2,2-4H3,(H2,16,17,18). The Morgan fingerprint density at radius 3 is 2.84 bits per heavy atom. The van der Waals surface area contributed by atoms with Crippen LogP contribution >= 0.6 is 0 Å². The number of hydrogen-bond acceptors (Lipinski definition) is 2. The van der Waals surface area contributed by atoms with Gasteiger partial charge in [-0.2, -0.15) is 0 Å². The van der Waals surface area contributed by atoms with Gasteiger partial charge in [0, 0.05) is 20.1 Å². The van der Waals surface area contributed by atoms with Gasteiger partial charge in [-0.05, 0) is 31.5 Å². The SMILES string of the molecule is C=CCNC(=NC)NCc1cccc(OC(C)C)c1. The number of guanidine groups is 1. The zero-order valence-electron chi connectivity index (χ0n) is 11.9. The third kappa shape index (κ3) is 5.95. The molecule has 1 rings (SSSR count). The fourth-order valence-corrected chi connectivity index (χ4v) is 1.58. The predicted molar refractivity (Wildman–Crippen MR) is 80.6 cm³/mol. The van der Waals surface area contributed by atoms with E-state index in [-0.39, 0.29) is 6.10 Å². The molecule has 4 nitrogen and oxygen atoms in total. The second-order valence-corrected chi connectivity index (χ2v) is 4.41. The van der Waals surface area contributed by atoms with E-state index in [2.05, 4.69) is 28.3 Å². The molecule has 0 heterocycles. The second-order valence-electron chi connectivity index (χ2n) is 4.41. The average molecular weight is 261 g/mol. The van der Waals surface area contributed by atoms with Crippen LogP contribution in [0.15, 0.2) is 41.9 Å². The molecule has 0 saturated heterocycles. The van der Waals surface area contributed by atoms with Gasteiger partial charge in [-0.1, -0.05) is 18.2 Å². The van der Waals surface area contributed by atoms with Crippen LogP contribution in [0.2, 0.25) is 0 Å². The molecule has 1 aromatic rings. The highest BCUT2D eigenvalue weighted by Crippen LogP contribution is 2.14. The number of rotatable bonds is 6. The maximum Gasteiger partial charge on any atom is 0.191 e. The lowest BCUT2D eigenvalue weighted by Crippen LogP contribution is -2.36. The van der Waals surface area contributed by atoms with Gasteiger partial charge in [0.15, 0.2) is 5.96 Å². The van der Waals surface area contributed by atoms with Crippen molar-refractivity contribution in [1.82, 2.24) is 10.6 Å². The molecule has 0 fully saturated rings. The Balaban J connectivity index is 2.54. The van der Waals surface area contributed by atoms with E-state index in [4.69, 9.17) is 4.74 Å². The molecule has 0 aliphatic rings. The minimum absolute atomic E-state index is 0.185. The Bertz CT molecular complexity index is 427. The Morgan fingerprint density at radius 1 is 1.42 bits per heavy atom. The molecule has 104 valence electrons. The van der Waals surface area contributed by atoms with Crippen LogP contribution in [0.3, 0.4) is 0 Å². The Hall–Kier alpha value is -1.97. The second kappa shape index (κ2) is 8.19. The lowest BCUT2D eigenvalue weighted by atomic mass is 10.2. The molecule has 2 N–H and O–H groups in total. The van der Waals surface area contributed by atoms with Gasteiger partial charge in [0.25, 0.3) is 0 Å². The molecule has 0 radical (unpaired) electrons. The molecule has 1 aromatic carbocycles. The number of ether oxygens (including phenoxy) is 1. The van der Waals surface area contributed by atoms with Crippen LogP contribution < -0.4 is 15.4 Å². The average Bonchev–Trinajstić information content (AvgIpc) is 2.38. The lowest BCUT2D eigenvalue weighted by Gasteiger charge is -2.13. The molecule has 19 heavy (non-hydrogen) atoms. The van der Waals surface area contributed by atoms with Gasteiger partial charge in [-0.15, -0.1) is 6.58 Å². The Morgan fingerprint density at radius 2 is 2.21 bits per heavy atom. The van der Waals surface area contributed by atoms with E-state index in [1.807, 2.05) is 32.0 Å². The third-order valence-electron chi connectivity index (χ3n) is 2.37. The number of nitrogens with zero attached hydrogens (tertiary/aromatic N) is 1. The van der Waals surface area contributed by atoms with Gasteiger partial charge in [0.2, 0.25) is 0 Å². The summed E-state index contributed by atoms with van der Waals surface area (Å²) in [4.78, 5) is 4.13. The zero-order valence-corrected chi connectivity index (χ0v) is 11.9. The Kier molecular flexibility index (Phi) is 6.50. The van der Waals surface area contributed by atoms with Gasteiger partial charge in [-0.25, -0.2) is 0 Å². The summed E-state index contributed by atoms with van der Waals surface area (Å²) in [6.07, 6.45) is 1.98. The van der Waals surface area contributed by atoms with Gasteiger partial charge < -0.3 is 15.4 Å². The molecule has 4 heteroatoms. The van der Waals surface area contributed by atoms with E-state index < -0.39 is 0 Å². The summed E-state index contributed by atoms with van der Waals surface area (Å²) in [7, 11) is 1.75. The van der Waals surface area contributed by atoms with Crippen molar-refractivity contribution in [3.63, 3.8) is 0 Å². The van der Waals surface area contributed by atoms with Crippen molar-refractivity contribution in [2.24, 2.45) is 4.99 Å². The topological polar surface area (TPSA) is 45.7 Å². The highest BCUT2D eigenvalue weighted by molar-refractivity contribution is 5.79. The van der Waals surface area contributed by atoms with Crippen LogP contribution in [0.5, 0.6) is 5.75 Å². The lowest BCUT2D eigenvalue weighted by molar-refractivity contribution is 0.242. The third-order valence-corrected chi connectivity index (χ3v) is 2.37. The minimum Gasteiger partial charge on any atom is -0.491 e. The molecule has 0 aliphatic carbocycles. The zero-order chi connectivity index (χ0) is 14.1. The van der Waals surface area contributed by atoms with Crippen LogP contribution in [0, 0.1) is 0 Å². The molecule has 0 amide bonds. The maximum atomic E-state index is 5.67. The predicted octanol–water partition coefficient (Wildman–Crippen LogP) is 2.32. The van der Waals surface area contributed by atoms with Crippen LogP contribution in [0.4, 0.5) is 0 Å². The molecule has 0 unspecified atom stereocenters. The summed E-state index contributed by atoms with van der Waals surface area (Å²) >= 11 is 0. The number of nitrogens with one attached hydrogen (secondary N) is 2. The first-order chi connectivity index (χ1) is 9.15. The summed E-state index contributed by atoms with van der Waals surface area (Å²) in [6.45, 7) is 9.09. The van der Waals surface area contributed by atoms with E-state index in [1.165, 1.54) is 0 Å². The minimum atomic E-state index is 0.185. The fourth-order valence-electron chi connectivity index (χ4n) is 1.58. The quantitative estimate of drug-likeness (QED) is 0.469. The summed E-state index contributed by atoms with van der Waals surface area (Å²) < 4.78 is 5.67. The summed E-state index contributed by atoms with van der Waals surface area (Å²) in [5.41, 5.74) is 1.15. The molecule has 0 saturated carbocycles. The van der Waals surface area contributed by atoms with Gasteiger partial charge in [-0.3, -0.25) is 4.99 Å². The van der Waals surface area contributed by atoms with Crippen LogP contribution in [0.1, 0.15) is 19.4 Å². The van der Waals surface area contributed by atoms with Crippen LogP contribution in [-0.2, 0) is 6.54 Å². The molecule has 0 spiro atoms. The number of benzene rings is 1. The van der Waals surface area contributed by atoms with Gasteiger partial charge in [0.1, 0.15) is 5.75 Å². The first kappa shape index (κ1) is 15.1. The smallest absolute Gasteiger partial charge is 0.191 e. The number of hydrogen-bond donors (Lipinski definition) is 2. The normalized spacial score (nSPS) is 11.3. The molecular formula is C15H23N3O. The fraction of sp³-hybridized carbons (Fsp3) is 0.400. The van der Waals surface area contributed by atoms with Crippen LogP contribution in [0.25, 0.3) is 0 Å². The highest BCUT2D eigenvalue weighted by atomic mass is 16.5. The monoisotopic (exact) mass is 261 g/mol. The number of aliphatic imine (C=N–C) groups is 1. The van der Waals surface area contributed by atoms with Crippen molar-refractivity contribution in [2.75, 3.05) is 13.6 Å². The van der Waals surface area contributed by atoms with E-state index >= 15 is 0 Å². The summed E-state index contributed by atoms with van der Waals surface area (Å²) in [6, 6.07) is 8.05.